The van der Waals surface area contributed by atoms with E-state index in [1.807, 2.05) is 30.3 Å². The molecule has 4 rings (SSSR count). The molecule has 3 heterocycles. The molecule has 0 atom stereocenters. The number of carbonyl (C=O) groups is 1. The minimum atomic E-state index is -0.224. The van der Waals surface area contributed by atoms with Crippen LogP contribution < -0.4 is 15.4 Å². The predicted octanol–water partition coefficient (Wildman–Crippen LogP) is 4.02. The smallest absolute Gasteiger partial charge is 0.283 e. The van der Waals surface area contributed by atoms with Gasteiger partial charge in [0.15, 0.2) is 0 Å². The van der Waals surface area contributed by atoms with E-state index in [0.29, 0.717) is 29.6 Å². The van der Waals surface area contributed by atoms with Gasteiger partial charge in [0, 0.05) is 30.0 Å². The summed E-state index contributed by atoms with van der Waals surface area (Å²) in [7, 11) is 1.56. The molecule has 1 saturated heterocycles. The van der Waals surface area contributed by atoms with Gasteiger partial charge in [0.1, 0.15) is 11.6 Å². The standard InChI is InChI=1S/C19H19ClN4O2S.ClH/c1-26-16-5-3-2-4-14(16)19(25)24-18(8-15(23-24)12-9-21-10-12)22-11-13-6-7-17(20)27-13;/h2-8,12,21-22H,9-11H2,1H3;1H. The average Bonchev–Trinajstić information content (AvgIpc) is 3.24. The summed E-state index contributed by atoms with van der Waals surface area (Å²) in [6, 6.07) is 13.0. The molecule has 1 aliphatic rings. The Hall–Kier alpha value is -2.06. The number of nitrogens with zero attached hydrogens (tertiary/aromatic N) is 2. The molecule has 28 heavy (non-hydrogen) atoms. The summed E-state index contributed by atoms with van der Waals surface area (Å²) in [5, 5.41) is 11.2. The van der Waals surface area contributed by atoms with Gasteiger partial charge >= 0.3 is 0 Å². The summed E-state index contributed by atoms with van der Waals surface area (Å²) in [4.78, 5) is 14.2. The van der Waals surface area contributed by atoms with Gasteiger partial charge in [-0.25, -0.2) is 0 Å². The Morgan fingerprint density at radius 1 is 1.36 bits per heavy atom. The fourth-order valence-electron chi connectivity index (χ4n) is 2.94. The van der Waals surface area contributed by atoms with Crippen molar-refractivity contribution in [1.82, 2.24) is 15.1 Å². The number of carbonyl (C=O) groups excluding carboxylic acids is 1. The maximum atomic E-state index is 13.2. The molecule has 0 spiro atoms. The van der Waals surface area contributed by atoms with E-state index < -0.39 is 0 Å². The fourth-order valence-corrected chi connectivity index (χ4v) is 3.96. The van der Waals surface area contributed by atoms with Crippen molar-refractivity contribution < 1.29 is 9.53 Å². The molecule has 2 aromatic heterocycles. The number of anilines is 1. The van der Waals surface area contributed by atoms with Crippen LogP contribution in [0.3, 0.4) is 0 Å². The molecule has 1 fully saturated rings. The van der Waals surface area contributed by atoms with Crippen LogP contribution in [0.4, 0.5) is 5.82 Å². The van der Waals surface area contributed by atoms with Gasteiger partial charge in [-0.15, -0.1) is 23.7 Å². The van der Waals surface area contributed by atoms with E-state index in [4.69, 9.17) is 16.3 Å². The van der Waals surface area contributed by atoms with E-state index in [9.17, 15) is 4.79 Å². The lowest BCUT2D eigenvalue weighted by molar-refractivity contribution is 0.0943. The van der Waals surface area contributed by atoms with E-state index in [1.165, 1.54) is 16.0 Å². The highest BCUT2D eigenvalue weighted by atomic mass is 35.5. The van der Waals surface area contributed by atoms with Crippen LogP contribution in [0, 0.1) is 0 Å². The molecule has 0 bridgehead atoms. The number of para-hydroxylation sites is 1. The van der Waals surface area contributed by atoms with Gasteiger partial charge in [-0.3, -0.25) is 4.79 Å². The zero-order chi connectivity index (χ0) is 18.8. The Bertz CT molecular complexity index is 969. The van der Waals surface area contributed by atoms with Crippen LogP contribution >= 0.6 is 35.3 Å². The minimum absolute atomic E-state index is 0. The molecule has 0 saturated carbocycles. The maximum Gasteiger partial charge on any atom is 0.283 e. The lowest BCUT2D eigenvalue weighted by Crippen LogP contribution is -2.40. The molecule has 2 N–H and O–H groups in total. The Morgan fingerprint density at radius 3 is 2.79 bits per heavy atom. The molecule has 0 amide bonds. The van der Waals surface area contributed by atoms with Gasteiger partial charge in [0.2, 0.25) is 0 Å². The highest BCUT2D eigenvalue weighted by Gasteiger charge is 2.26. The first-order valence-electron chi connectivity index (χ1n) is 8.62. The second kappa shape index (κ2) is 8.96. The van der Waals surface area contributed by atoms with Crippen molar-refractivity contribution in [2.75, 3.05) is 25.5 Å². The third-order valence-corrected chi connectivity index (χ3v) is 5.76. The van der Waals surface area contributed by atoms with E-state index >= 15 is 0 Å². The summed E-state index contributed by atoms with van der Waals surface area (Å²) in [5.74, 6) is 1.30. The van der Waals surface area contributed by atoms with E-state index in [0.717, 1.165) is 28.0 Å². The topological polar surface area (TPSA) is 68.2 Å². The first kappa shape index (κ1) is 20.7. The van der Waals surface area contributed by atoms with E-state index in [2.05, 4.69) is 15.7 Å². The monoisotopic (exact) mass is 438 g/mol. The number of nitrogens with one attached hydrogen (secondary N) is 2. The fraction of sp³-hybridized carbons (Fsp3) is 0.263. The molecule has 0 radical (unpaired) electrons. The lowest BCUT2D eigenvalue weighted by Gasteiger charge is -2.24. The highest BCUT2D eigenvalue weighted by Crippen LogP contribution is 2.27. The average molecular weight is 439 g/mol. The van der Waals surface area contributed by atoms with Crippen LogP contribution in [0.5, 0.6) is 5.75 Å². The Balaban J connectivity index is 0.00000225. The Labute approximate surface area is 178 Å². The van der Waals surface area contributed by atoms with Crippen molar-refractivity contribution in [3.05, 3.63) is 62.9 Å². The van der Waals surface area contributed by atoms with Crippen molar-refractivity contribution in [2.24, 2.45) is 0 Å². The Morgan fingerprint density at radius 2 is 2.14 bits per heavy atom. The van der Waals surface area contributed by atoms with Crippen molar-refractivity contribution in [2.45, 2.75) is 12.5 Å². The lowest BCUT2D eigenvalue weighted by atomic mass is 10.00. The molecule has 3 aromatic rings. The first-order valence-corrected chi connectivity index (χ1v) is 9.81. The van der Waals surface area contributed by atoms with Crippen LogP contribution in [0.15, 0.2) is 42.5 Å². The quantitative estimate of drug-likeness (QED) is 0.608. The van der Waals surface area contributed by atoms with Crippen LogP contribution in [-0.4, -0.2) is 35.9 Å². The summed E-state index contributed by atoms with van der Waals surface area (Å²) < 4.78 is 7.51. The van der Waals surface area contributed by atoms with Gasteiger partial charge in [-0.2, -0.15) is 9.78 Å². The number of benzene rings is 1. The van der Waals surface area contributed by atoms with Crippen molar-refractivity contribution in [3.8, 4) is 5.75 Å². The normalized spacial score (nSPS) is 13.5. The summed E-state index contributed by atoms with van der Waals surface area (Å²) in [6.07, 6.45) is 0. The molecular formula is C19H20Cl2N4O2S. The second-order valence-electron chi connectivity index (χ2n) is 6.29. The SMILES string of the molecule is COc1ccccc1C(=O)n1nc(C2CNC2)cc1NCc1ccc(Cl)s1.Cl. The largest absolute Gasteiger partial charge is 0.496 e. The number of halogens is 2. The second-order valence-corrected chi connectivity index (χ2v) is 8.09. The molecular weight excluding hydrogens is 419 g/mol. The highest BCUT2D eigenvalue weighted by molar-refractivity contribution is 7.16. The van der Waals surface area contributed by atoms with Gasteiger partial charge in [-0.05, 0) is 24.3 Å². The van der Waals surface area contributed by atoms with Crippen LogP contribution in [-0.2, 0) is 6.54 Å². The number of ether oxygens (including phenoxy) is 1. The van der Waals surface area contributed by atoms with Crippen LogP contribution in [0.2, 0.25) is 4.34 Å². The van der Waals surface area contributed by atoms with Crippen molar-refractivity contribution >= 4 is 47.1 Å². The van der Waals surface area contributed by atoms with Gasteiger partial charge in [0.05, 0.1) is 29.2 Å². The number of aromatic nitrogens is 2. The number of methoxy groups -OCH3 is 1. The maximum absolute atomic E-state index is 13.2. The van der Waals surface area contributed by atoms with E-state index in [1.54, 1.807) is 19.2 Å². The summed E-state index contributed by atoms with van der Waals surface area (Å²) in [5.41, 5.74) is 1.38. The molecule has 9 heteroatoms. The molecule has 6 nitrogen and oxygen atoms in total. The number of hydrogen-bond acceptors (Lipinski definition) is 6. The Kier molecular flexibility index (Phi) is 6.61. The number of thiophene rings is 1. The minimum Gasteiger partial charge on any atom is -0.496 e. The molecule has 1 aliphatic heterocycles. The van der Waals surface area contributed by atoms with Crippen molar-refractivity contribution in [1.29, 1.82) is 0 Å². The van der Waals surface area contributed by atoms with Crippen LogP contribution in [0.25, 0.3) is 0 Å². The molecule has 148 valence electrons. The molecule has 1 aromatic carbocycles. The van der Waals surface area contributed by atoms with Crippen molar-refractivity contribution in [3.63, 3.8) is 0 Å². The molecule has 0 aliphatic carbocycles. The molecule has 0 unspecified atom stereocenters. The first-order chi connectivity index (χ1) is 13.2. The van der Waals surface area contributed by atoms with Crippen LogP contribution in [0.1, 0.15) is 26.8 Å². The van der Waals surface area contributed by atoms with Gasteiger partial charge < -0.3 is 15.4 Å². The van der Waals surface area contributed by atoms with Gasteiger partial charge in [0.25, 0.3) is 5.91 Å². The number of rotatable bonds is 6. The zero-order valence-corrected chi connectivity index (χ0v) is 17.5. The van der Waals surface area contributed by atoms with E-state index in [-0.39, 0.29) is 18.3 Å². The zero-order valence-electron chi connectivity index (χ0n) is 15.1. The third-order valence-electron chi connectivity index (χ3n) is 4.53. The van der Waals surface area contributed by atoms with Gasteiger partial charge in [-0.1, -0.05) is 23.7 Å². The summed E-state index contributed by atoms with van der Waals surface area (Å²) in [6.45, 7) is 2.32. The summed E-state index contributed by atoms with van der Waals surface area (Å²) >= 11 is 7.52. The number of hydrogen-bond donors (Lipinski definition) is 2. The predicted molar refractivity (Wildman–Crippen MR) is 114 cm³/mol. The third kappa shape index (κ3) is 4.17.